The summed E-state index contributed by atoms with van der Waals surface area (Å²) in [6, 6.07) is 20.2. The maximum atomic E-state index is 11.9. The minimum atomic E-state index is -0.893. The molecule has 33 heavy (non-hydrogen) atoms. The zero-order valence-corrected chi connectivity index (χ0v) is 18.9. The van der Waals surface area contributed by atoms with Crippen LogP contribution in [0.25, 0.3) is 10.9 Å². The number of benzene rings is 3. The second kappa shape index (κ2) is 10.4. The third kappa shape index (κ3) is 5.66. The van der Waals surface area contributed by atoms with Crippen molar-refractivity contribution >= 4 is 28.5 Å². The summed E-state index contributed by atoms with van der Waals surface area (Å²) in [6.45, 7) is 0.768. The van der Waals surface area contributed by atoms with E-state index >= 15 is 0 Å². The highest BCUT2D eigenvalue weighted by Crippen LogP contribution is 2.29. The number of fused-ring (bicyclic) bond motifs is 1. The van der Waals surface area contributed by atoms with Crippen molar-refractivity contribution in [2.75, 3.05) is 7.11 Å². The maximum absolute atomic E-state index is 11.9. The SMILES string of the molecule is COc1cc(CN[C@H](Cc2c[nH]c3ccccc23)C(=O)O)ccc1OCc1ccc(Cl)cc1. The Balaban J connectivity index is 1.40. The Bertz CT molecular complexity index is 1240. The first-order valence-corrected chi connectivity index (χ1v) is 11.0. The molecular weight excluding hydrogens is 440 g/mol. The molecule has 0 saturated carbocycles. The Morgan fingerprint density at radius 3 is 2.58 bits per heavy atom. The molecule has 0 amide bonds. The van der Waals surface area contributed by atoms with E-state index in [4.69, 9.17) is 21.1 Å². The number of para-hydroxylation sites is 1. The van der Waals surface area contributed by atoms with Crippen molar-refractivity contribution in [3.05, 3.63) is 94.6 Å². The molecule has 3 aromatic carbocycles. The van der Waals surface area contributed by atoms with Crippen LogP contribution in [0.15, 0.2) is 72.9 Å². The van der Waals surface area contributed by atoms with Gasteiger partial charge in [-0.1, -0.05) is 48.0 Å². The van der Waals surface area contributed by atoms with Gasteiger partial charge < -0.3 is 24.9 Å². The molecule has 0 saturated heterocycles. The van der Waals surface area contributed by atoms with E-state index in [0.29, 0.717) is 36.1 Å². The standard InChI is InChI=1S/C26H25ClN2O4/c1-32-25-12-18(8-11-24(25)33-16-17-6-9-20(27)10-7-17)14-28-23(26(30)31)13-19-15-29-22-5-3-2-4-21(19)22/h2-12,15,23,28-29H,13-14,16H2,1H3,(H,30,31)/t23-/m1/s1. The van der Waals surface area contributed by atoms with E-state index in [1.165, 1.54) is 0 Å². The highest BCUT2D eigenvalue weighted by atomic mass is 35.5. The number of aromatic amines is 1. The van der Waals surface area contributed by atoms with Crippen molar-refractivity contribution < 1.29 is 19.4 Å². The Hall–Kier alpha value is -3.48. The number of ether oxygens (including phenoxy) is 2. The van der Waals surface area contributed by atoms with Crippen molar-refractivity contribution in [2.45, 2.75) is 25.6 Å². The molecule has 3 N–H and O–H groups in total. The molecule has 4 rings (SSSR count). The molecule has 0 spiro atoms. The van der Waals surface area contributed by atoms with Gasteiger partial charge in [-0.2, -0.15) is 0 Å². The van der Waals surface area contributed by atoms with Gasteiger partial charge in [0.05, 0.1) is 7.11 Å². The van der Waals surface area contributed by atoms with Gasteiger partial charge in [-0.15, -0.1) is 0 Å². The van der Waals surface area contributed by atoms with E-state index in [0.717, 1.165) is 27.6 Å². The minimum Gasteiger partial charge on any atom is -0.493 e. The molecule has 1 atom stereocenters. The molecule has 1 aromatic heterocycles. The smallest absolute Gasteiger partial charge is 0.321 e. The van der Waals surface area contributed by atoms with Crippen LogP contribution in [0.4, 0.5) is 0 Å². The molecule has 0 aliphatic rings. The van der Waals surface area contributed by atoms with Gasteiger partial charge in [0, 0.05) is 35.1 Å². The third-order valence-corrected chi connectivity index (χ3v) is 5.74. The summed E-state index contributed by atoms with van der Waals surface area (Å²) >= 11 is 5.93. The number of aromatic nitrogens is 1. The Morgan fingerprint density at radius 2 is 1.82 bits per heavy atom. The fourth-order valence-corrected chi connectivity index (χ4v) is 3.82. The summed E-state index contributed by atoms with van der Waals surface area (Å²) < 4.78 is 11.4. The van der Waals surface area contributed by atoms with Crippen molar-refractivity contribution in [3.8, 4) is 11.5 Å². The van der Waals surface area contributed by atoms with Crippen LogP contribution in [0.3, 0.4) is 0 Å². The van der Waals surface area contributed by atoms with Crippen molar-refractivity contribution in [1.82, 2.24) is 10.3 Å². The number of carboxylic acids is 1. The number of halogens is 1. The van der Waals surface area contributed by atoms with Gasteiger partial charge in [0.15, 0.2) is 11.5 Å². The van der Waals surface area contributed by atoms with Crippen molar-refractivity contribution in [1.29, 1.82) is 0 Å². The monoisotopic (exact) mass is 464 g/mol. The molecule has 0 bridgehead atoms. The van der Waals surface area contributed by atoms with Crippen LogP contribution in [-0.4, -0.2) is 29.2 Å². The average Bonchev–Trinajstić information content (AvgIpc) is 3.24. The first-order chi connectivity index (χ1) is 16.0. The van der Waals surface area contributed by atoms with Crippen LogP contribution < -0.4 is 14.8 Å². The Kier molecular flexibility index (Phi) is 7.17. The lowest BCUT2D eigenvalue weighted by Crippen LogP contribution is -2.38. The number of nitrogens with one attached hydrogen (secondary N) is 2. The van der Waals surface area contributed by atoms with Crippen LogP contribution in [0.1, 0.15) is 16.7 Å². The molecule has 0 radical (unpaired) electrons. The van der Waals surface area contributed by atoms with E-state index < -0.39 is 12.0 Å². The highest BCUT2D eigenvalue weighted by molar-refractivity contribution is 6.30. The van der Waals surface area contributed by atoms with E-state index in [9.17, 15) is 9.90 Å². The minimum absolute atomic E-state index is 0.374. The van der Waals surface area contributed by atoms with Gasteiger partial charge in [-0.3, -0.25) is 4.79 Å². The number of methoxy groups -OCH3 is 1. The number of hydrogen-bond donors (Lipinski definition) is 3. The lowest BCUT2D eigenvalue weighted by molar-refractivity contribution is -0.139. The number of H-pyrrole nitrogens is 1. The number of hydrogen-bond acceptors (Lipinski definition) is 4. The van der Waals surface area contributed by atoms with Gasteiger partial charge in [0.25, 0.3) is 0 Å². The molecule has 1 heterocycles. The predicted molar refractivity (Wildman–Crippen MR) is 129 cm³/mol. The Morgan fingerprint density at radius 1 is 1.06 bits per heavy atom. The zero-order valence-electron chi connectivity index (χ0n) is 18.2. The van der Waals surface area contributed by atoms with Crippen LogP contribution in [0.5, 0.6) is 11.5 Å². The quantitative estimate of drug-likeness (QED) is 0.300. The lowest BCUT2D eigenvalue weighted by Gasteiger charge is -2.16. The summed E-state index contributed by atoms with van der Waals surface area (Å²) in [6.07, 6.45) is 2.25. The number of carboxylic acid groups (broad SMARTS) is 1. The van der Waals surface area contributed by atoms with Crippen molar-refractivity contribution in [3.63, 3.8) is 0 Å². The summed E-state index contributed by atoms with van der Waals surface area (Å²) in [5, 5.41) is 14.6. The third-order valence-electron chi connectivity index (χ3n) is 5.49. The molecule has 170 valence electrons. The molecule has 0 fully saturated rings. The average molecular weight is 465 g/mol. The second-order valence-corrected chi connectivity index (χ2v) is 8.17. The molecule has 0 aliphatic heterocycles. The normalized spacial score (nSPS) is 11.9. The fraction of sp³-hybridized carbons (Fsp3) is 0.192. The lowest BCUT2D eigenvalue weighted by atomic mass is 10.0. The van der Waals surface area contributed by atoms with Gasteiger partial charge in [-0.25, -0.2) is 0 Å². The molecular formula is C26H25ClN2O4. The van der Waals surface area contributed by atoms with E-state index in [-0.39, 0.29) is 0 Å². The maximum Gasteiger partial charge on any atom is 0.321 e. The molecule has 7 heteroatoms. The molecule has 0 aliphatic carbocycles. The van der Waals surface area contributed by atoms with E-state index in [2.05, 4.69) is 10.3 Å². The van der Waals surface area contributed by atoms with E-state index in [1.807, 2.05) is 72.9 Å². The fourth-order valence-electron chi connectivity index (χ4n) is 3.69. The van der Waals surface area contributed by atoms with Crippen molar-refractivity contribution in [2.24, 2.45) is 0 Å². The first kappa shape index (κ1) is 22.7. The first-order valence-electron chi connectivity index (χ1n) is 10.6. The molecule has 4 aromatic rings. The second-order valence-electron chi connectivity index (χ2n) is 7.74. The largest absolute Gasteiger partial charge is 0.493 e. The zero-order chi connectivity index (χ0) is 23.2. The van der Waals surface area contributed by atoms with Gasteiger partial charge in [0.2, 0.25) is 0 Å². The Labute approximate surface area is 197 Å². The number of carbonyl (C=O) groups is 1. The topological polar surface area (TPSA) is 83.6 Å². The number of aliphatic carboxylic acids is 1. The molecule has 0 unspecified atom stereocenters. The van der Waals surface area contributed by atoms with Gasteiger partial charge >= 0.3 is 5.97 Å². The summed E-state index contributed by atoms with van der Waals surface area (Å²) in [7, 11) is 1.58. The van der Waals surface area contributed by atoms with Crippen LogP contribution >= 0.6 is 11.6 Å². The van der Waals surface area contributed by atoms with Gasteiger partial charge in [-0.05, 0) is 47.0 Å². The summed E-state index contributed by atoms with van der Waals surface area (Å²) in [5.74, 6) is 0.312. The van der Waals surface area contributed by atoms with Crippen LogP contribution in [0.2, 0.25) is 5.02 Å². The predicted octanol–water partition coefficient (Wildman–Crippen LogP) is 5.19. The molecule has 6 nitrogen and oxygen atoms in total. The van der Waals surface area contributed by atoms with Crippen LogP contribution in [-0.2, 0) is 24.4 Å². The van der Waals surface area contributed by atoms with E-state index in [1.54, 1.807) is 7.11 Å². The number of rotatable bonds is 10. The van der Waals surface area contributed by atoms with Crippen LogP contribution in [0, 0.1) is 0 Å². The summed E-state index contributed by atoms with van der Waals surface area (Å²) in [4.78, 5) is 15.1. The summed E-state index contributed by atoms with van der Waals surface area (Å²) in [5.41, 5.74) is 3.86. The van der Waals surface area contributed by atoms with Gasteiger partial charge in [0.1, 0.15) is 12.6 Å². The highest BCUT2D eigenvalue weighted by Gasteiger charge is 2.19.